The first-order valence-electron chi connectivity index (χ1n) is 11.6. The van der Waals surface area contributed by atoms with Crippen molar-refractivity contribution in [2.24, 2.45) is 10.1 Å². The molecule has 0 atom stereocenters. The summed E-state index contributed by atoms with van der Waals surface area (Å²) < 4.78 is 32.1. The lowest BCUT2D eigenvalue weighted by Crippen LogP contribution is -2.27. The standard InChI is InChI=1S/C29H27N3O3S/c1-23-17-20-27(21-18-23)36(33,34)32-31-28(22-19-24-11-5-2-6-12-24)29(30-25-13-7-3-8-14-25)35-26-15-9-4-10-16-26/h2-18,20-21,32H,19,22H2,1H3. The molecule has 4 aromatic carbocycles. The van der Waals surface area contributed by atoms with Crippen LogP contribution in [-0.2, 0) is 16.4 Å². The van der Waals surface area contributed by atoms with Crippen LogP contribution in [0.3, 0.4) is 0 Å². The van der Waals surface area contributed by atoms with E-state index in [1.165, 1.54) is 0 Å². The molecule has 0 bridgehead atoms. The molecule has 0 aliphatic carbocycles. The van der Waals surface area contributed by atoms with Crippen LogP contribution < -0.4 is 9.57 Å². The van der Waals surface area contributed by atoms with Crippen LogP contribution in [0.15, 0.2) is 130 Å². The quantitative estimate of drug-likeness (QED) is 0.173. The Bertz CT molecular complexity index is 1420. The van der Waals surface area contributed by atoms with Gasteiger partial charge in [-0.2, -0.15) is 18.4 Å². The molecule has 0 aromatic heterocycles. The van der Waals surface area contributed by atoms with Gasteiger partial charge in [-0.3, -0.25) is 0 Å². The maximum atomic E-state index is 13.0. The minimum atomic E-state index is -3.88. The van der Waals surface area contributed by atoms with Crippen molar-refractivity contribution in [1.82, 2.24) is 4.83 Å². The first-order valence-corrected chi connectivity index (χ1v) is 13.0. The summed E-state index contributed by atoms with van der Waals surface area (Å²) in [4.78, 5) is 7.19. The van der Waals surface area contributed by atoms with E-state index in [0.717, 1.165) is 11.1 Å². The van der Waals surface area contributed by atoms with E-state index in [2.05, 4.69) is 14.9 Å². The lowest BCUT2D eigenvalue weighted by molar-refractivity contribution is 0.558. The number of hydrazone groups is 1. The van der Waals surface area contributed by atoms with E-state index in [1.54, 1.807) is 24.3 Å². The largest absolute Gasteiger partial charge is 0.437 e. The number of nitrogens with one attached hydrogen (secondary N) is 1. The molecule has 4 aromatic rings. The number of ether oxygens (including phenoxy) is 1. The minimum Gasteiger partial charge on any atom is -0.437 e. The zero-order valence-corrected chi connectivity index (χ0v) is 20.7. The zero-order valence-electron chi connectivity index (χ0n) is 19.9. The molecule has 0 aliphatic rings. The van der Waals surface area contributed by atoms with Gasteiger partial charge in [-0.25, -0.2) is 4.99 Å². The van der Waals surface area contributed by atoms with Crippen molar-refractivity contribution in [2.45, 2.75) is 24.7 Å². The smallest absolute Gasteiger partial charge is 0.276 e. The van der Waals surface area contributed by atoms with E-state index in [-0.39, 0.29) is 10.8 Å². The molecule has 0 saturated heterocycles. The fourth-order valence-corrected chi connectivity index (χ4v) is 4.20. The van der Waals surface area contributed by atoms with Crippen molar-refractivity contribution in [3.8, 4) is 5.75 Å². The maximum absolute atomic E-state index is 13.0. The highest BCUT2D eigenvalue weighted by molar-refractivity contribution is 7.89. The predicted molar refractivity (Wildman–Crippen MR) is 144 cm³/mol. The summed E-state index contributed by atoms with van der Waals surface area (Å²) in [7, 11) is -3.88. The molecule has 7 heteroatoms. The highest BCUT2D eigenvalue weighted by atomic mass is 32.2. The van der Waals surface area contributed by atoms with Gasteiger partial charge in [0.05, 0.1) is 10.6 Å². The normalized spacial score (nSPS) is 12.2. The van der Waals surface area contributed by atoms with Crippen LogP contribution in [-0.4, -0.2) is 20.0 Å². The van der Waals surface area contributed by atoms with E-state index in [4.69, 9.17) is 4.74 Å². The summed E-state index contributed by atoms with van der Waals surface area (Å²) in [6.07, 6.45) is 1.02. The number of para-hydroxylation sites is 2. The van der Waals surface area contributed by atoms with E-state index in [1.807, 2.05) is 97.9 Å². The summed E-state index contributed by atoms with van der Waals surface area (Å²) in [5.74, 6) is 0.788. The third-order valence-corrected chi connectivity index (χ3v) is 6.54. The second-order valence-corrected chi connectivity index (χ2v) is 9.78. The molecule has 0 heterocycles. The minimum absolute atomic E-state index is 0.129. The van der Waals surface area contributed by atoms with E-state index >= 15 is 0 Å². The van der Waals surface area contributed by atoms with E-state index in [0.29, 0.717) is 30.0 Å². The Labute approximate surface area is 212 Å². The summed E-state index contributed by atoms with van der Waals surface area (Å²) in [6.45, 7) is 1.90. The Morgan fingerprint density at radius 2 is 1.36 bits per heavy atom. The van der Waals surface area contributed by atoms with Crippen molar-refractivity contribution >= 4 is 27.3 Å². The number of hydrogen-bond donors (Lipinski definition) is 1. The lowest BCUT2D eigenvalue weighted by atomic mass is 10.1. The number of rotatable bonds is 9. The molecule has 1 N–H and O–H groups in total. The van der Waals surface area contributed by atoms with Crippen LogP contribution in [0.4, 0.5) is 5.69 Å². The third-order valence-electron chi connectivity index (χ3n) is 5.32. The molecule has 182 valence electrons. The van der Waals surface area contributed by atoms with Gasteiger partial charge in [0.15, 0.2) is 0 Å². The molecule has 0 saturated carbocycles. The fourth-order valence-electron chi connectivity index (χ4n) is 3.37. The summed E-state index contributed by atoms with van der Waals surface area (Å²) >= 11 is 0. The zero-order chi connectivity index (χ0) is 25.2. The third kappa shape index (κ3) is 7.13. The van der Waals surface area contributed by atoms with Crippen LogP contribution in [0.5, 0.6) is 5.75 Å². The average molecular weight is 498 g/mol. The second-order valence-electron chi connectivity index (χ2n) is 8.12. The molecule has 0 spiro atoms. The number of benzene rings is 4. The van der Waals surface area contributed by atoms with Gasteiger partial charge in [0.1, 0.15) is 11.5 Å². The molecule has 36 heavy (non-hydrogen) atoms. The summed E-state index contributed by atoms with van der Waals surface area (Å²) in [6, 6.07) is 35.1. The van der Waals surface area contributed by atoms with E-state index < -0.39 is 10.0 Å². The molecule has 0 unspecified atom stereocenters. The van der Waals surface area contributed by atoms with Gasteiger partial charge in [-0.05, 0) is 55.3 Å². The fraction of sp³-hybridized carbons (Fsp3) is 0.103. The molecule has 0 radical (unpaired) electrons. The Morgan fingerprint density at radius 3 is 2.00 bits per heavy atom. The number of hydrogen-bond acceptors (Lipinski definition) is 5. The number of aryl methyl sites for hydroxylation is 2. The van der Waals surface area contributed by atoms with Crippen molar-refractivity contribution in [3.63, 3.8) is 0 Å². The molecular weight excluding hydrogens is 470 g/mol. The Morgan fingerprint density at radius 1 is 0.778 bits per heavy atom. The van der Waals surface area contributed by atoms with Gasteiger partial charge < -0.3 is 4.74 Å². The number of aliphatic imine (C=N–C) groups is 1. The molecular formula is C29H27N3O3S. The van der Waals surface area contributed by atoms with Gasteiger partial charge in [0.25, 0.3) is 10.0 Å². The highest BCUT2D eigenvalue weighted by Crippen LogP contribution is 2.17. The van der Waals surface area contributed by atoms with Crippen molar-refractivity contribution in [1.29, 1.82) is 0 Å². The van der Waals surface area contributed by atoms with Crippen LogP contribution in [0.25, 0.3) is 0 Å². The van der Waals surface area contributed by atoms with Gasteiger partial charge in [-0.1, -0.05) is 84.4 Å². The lowest BCUT2D eigenvalue weighted by Gasteiger charge is -2.13. The Balaban J connectivity index is 1.71. The highest BCUT2D eigenvalue weighted by Gasteiger charge is 2.18. The van der Waals surface area contributed by atoms with Gasteiger partial charge in [0, 0.05) is 6.42 Å². The predicted octanol–water partition coefficient (Wildman–Crippen LogP) is 6.07. The first-order chi connectivity index (χ1) is 17.5. The number of sulfonamides is 1. The van der Waals surface area contributed by atoms with Crippen LogP contribution in [0.2, 0.25) is 0 Å². The molecule has 6 nitrogen and oxygen atoms in total. The van der Waals surface area contributed by atoms with Crippen LogP contribution in [0.1, 0.15) is 17.5 Å². The van der Waals surface area contributed by atoms with E-state index in [9.17, 15) is 8.42 Å². The van der Waals surface area contributed by atoms with Crippen molar-refractivity contribution in [2.75, 3.05) is 0 Å². The second kappa shape index (κ2) is 12.0. The summed E-state index contributed by atoms with van der Waals surface area (Å²) in [5, 5.41) is 4.32. The summed E-state index contributed by atoms with van der Waals surface area (Å²) in [5.41, 5.74) is 3.10. The van der Waals surface area contributed by atoms with Crippen molar-refractivity contribution < 1.29 is 13.2 Å². The topological polar surface area (TPSA) is 80.1 Å². The Hall–Kier alpha value is -4.23. The monoisotopic (exact) mass is 497 g/mol. The first kappa shape index (κ1) is 24.9. The number of nitrogens with zero attached hydrogens (tertiary/aromatic N) is 2. The maximum Gasteiger partial charge on any atom is 0.276 e. The van der Waals surface area contributed by atoms with Crippen LogP contribution >= 0.6 is 0 Å². The molecule has 0 aliphatic heterocycles. The molecule has 0 amide bonds. The van der Waals surface area contributed by atoms with Crippen LogP contribution in [0, 0.1) is 6.92 Å². The van der Waals surface area contributed by atoms with Gasteiger partial charge in [-0.15, -0.1) is 0 Å². The van der Waals surface area contributed by atoms with Crippen molar-refractivity contribution in [3.05, 3.63) is 126 Å². The SMILES string of the molecule is Cc1ccc(S(=O)(=O)NN=C(CCc2ccccc2)C(=Nc2ccccc2)Oc2ccccc2)cc1. The molecule has 4 rings (SSSR count). The Kier molecular flexibility index (Phi) is 8.26. The molecule has 0 fully saturated rings. The van der Waals surface area contributed by atoms with Gasteiger partial charge >= 0.3 is 0 Å². The average Bonchev–Trinajstić information content (AvgIpc) is 2.90. The van der Waals surface area contributed by atoms with Gasteiger partial charge in [0.2, 0.25) is 5.90 Å².